The van der Waals surface area contributed by atoms with Gasteiger partial charge in [-0.05, 0) is 50.3 Å². The first-order chi connectivity index (χ1) is 8.76. The molecule has 1 rings (SSSR count). The molecule has 0 bridgehead atoms. The second kappa shape index (κ2) is 6.53. The molecule has 0 heterocycles. The van der Waals surface area contributed by atoms with Crippen molar-refractivity contribution < 1.29 is 13.5 Å². The van der Waals surface area contributed by atoms with E-state index in [2.05, 4.69) is 0 Å². The van der Waals surface area contributed by atoms with Crippen molar-refractivity contribution in [2.45, 2.75) is 46.6 Å². The zero-order valence-electron chi connectivity index (χ0n) is 12.2. The van der Waals surface area contributed by atoms with E-state index in [-0.39, 0.29) is 11.5 Å². The fraction of sp³-hybridized carbons (Fsp3) is 0.600. The van der Waals surface area contributed by atoms with Crippen LogP contribution in [0.2, 0.25) is 0 Å². The van der Waals surface area contributed by atoms with E-state index in [0.717, 1.165) is 16.7 Å². The molecule has 108 valence electrons. The van der Waals surface area contributed by atoms with E-state index in [1.807, 2.05) is 32.9 Å². The van der Waals surface area contributed by atoms with Gasteiger partial charge in [0.15, 0.2) is 0 Å². The third-order valence-corrected chi connectivity index (χ3v) is 5.23. The Balaban J connectivity index is 2.72. The molecule has 4 heteroatoms. The van der Waals surface area contributed by atoms with Crippen LogP contribution in [0.15, 0.2) is 12.1 Å². The van der Waals surface area contributed by atoms with Crippen LogP contribution in [0.4, 0.5) is 0 Å². The molecular formula is C15H24O3S. The molecule has 19 heavy (non-hydrogen) atoms. The van der Waals surface area contributed by atoms with Crippen molar-refractivity contribution in [3.63, 3.8) is 0 Å². The summed E-state index contributed by atoms with van der Waals surface area (Å²) < 4.78 is 22.8. The van der Waals surface area contributed by atoms with Crippen LogP contribution in [-0.2, 0) is 9.84 Å². The van der Waals surface area contributed by atoms with Crippen LogP contribution in [0.3, 0.4) is 0 Å². The second-order valence-corrected chi connectivity index (χ2v) is 7.68. The van der Waals surface area contributed by atoms with E-state index in [1.54, 1.807) is 6.92 Å². The molecule has 0 saturated carbocycles. The van der Waals surface area contributed by atoms with Crippen LogP contribution in [0, 0.1) is 20.8 Å². The summed E-state index contributed by atoms with van der Waals surface area (Å²) in [5.74, 6) is 0.330. The van der Waals surface area contributed by atoms with Gasteiger partial charge in [-0.25, -0.2) is 8.42 Å². The van der Waals surface area contributed by atoms with Crippen LogP contribution >= 0.6 is 0 Å². The van der Waals surface area contributed by atoms with Gasteiger partial charge in [0, 0.05) is 5.75 Å². The lowest BCUT2D eigenvalue weighted by Crippen LogP contribution is -2.11. The van der Waals surface area contributed by atoms with E-state index in [1.165, 1.54) is 5.56 Å². The van der Waals surface area contributed by atoms with E-state index in [0.29, 0.717) is 12.8 Å². The first kappa shape index (κ1) is 16.2. The van der Waals surface area contributed by atoms with E-state index >= 15 is 0 Å². The predicted molar refractivity (Wildman–Crippen MR) is 79.2 cm³/mol. The highest BCUT2D eigenvalue weighted by molar-refractivity contribution is 7.91. The Bertz CT molecular complexity index is 509. The van der Waals surface area contributed by atoms with Gasteiger partial charge < -0.3 is 5.11 Å². The molecule has 0 spiro atoms. The van der Waals surface area contributed by atoms with Crippen LogP contribution < -0.4 is 0 Å². The summed E-state index contributed by atoms with van der Waals surface area (Å²) in [6, 6.07) is 4.10. The molecule has 1 aromatic rings. The molecule has 0 aliphatic heterocycles. The Labute approximate surface area is 116 Å². The molecule has 0 amide bonds. The van der Waals surface area contributed by atoms with Gasteiger partial charge in [0.2, 0.25) is 0 Å². The summed E-state index contributed by atoms with van der Waals surface area (Å²) in [4.78, 5) is 0. The van der Waals surface area contributed by atoms with Crippen LogP contribution in [0.1, 0.15) is 48.1 Å². The average molecular weight is 284 g/mol. The number of hydrogen-bond donors (Lipinski definition) is 1. The summed E-state index contributed by atoms with van der Waals surface area (Å²) in [5, 5.41) is 10.2. The van der Waals surface area contributed by atoms with Crippen molar-refractivity contribution in [2.75, 3.05) is 11.5 Å². The van der Waals surface area contributed by atoms with Crippen molar-refractivity contribution in [3.05, 3.63) is 34.4 Å². The maximum atomic E-state index is 11.4. The third-order valence-electron chi connectivity index (χ3n) is 3.44. The minimum atomic E-state index is -2.94. The number of rotatable bonds is 6. The quantitative estimate of drug-likeness (QED) is 0.874. The molecule has 0 aromatic heterocycles. The van der Waals surface area contributed by atoms with Crippen LogP contribution in [0.5, 0.6) is 0 Å². The molecule has 0 saturated heterocycles. The first-order valence-corrected chi connectivity index (χ1v) is 8.55. The monoisotopic (exact) mass is 284 g/mol. The van der Waals surface area contributed by atoms with Crippen molar-refractivity contribution in [1.29, 1.82) is 0 Å². The lowest BCUT2D eigenvalue weighted by molar-refractivity contribution is 0.165. The van der Waals surface area contributed by atoms with Crippen LogP contribution in [-0.4, -0.2) is 25.0 Å². The number of benzene rings is 1. The normalized spacial score (nSPS) is 13.5. The lowest BCUT2D eigenvalue weighted by atomic mass is 9.93. The minimum Gasteiger partial charge on any atom is -0.388 e. The molecule has 0 radical (unpaired) electrons. The molecule has 3 nitrogen and oxygen atoms in total. The molecule has 0 aliphatic rings. The number of aliphatic hydroxyl groups excluding tert-OH is 1. The first-order valence-electron chi connectivity index (χ1n) is 6.73. The summed E-state index contributed by atoms with van der Waals surface area (Å²) in [5.41, 5.74) is 4.27. The Hall–Kier alpha value is -0.870. The Morgan fingerprint density at radius 3 is 2.16 bits per heavy atom. The molecule has 1 unspecified atom stereocenters. The molecular weight excluding hydrogens is 260 g/mol. The second-order valence-electron chi connectivity index (χ2n) is 5.21. The molecule has 0 fully saturated rings. The minimum absolute atomic E-state index is 0.157. The fourth-order valence-electron chi connectivity index (χ4n) is 2.50. The SMILES string of the molecule is CCS(=O)(=O)CCCC(O)c1c(C)cc(C)cc1C. The predicted octanol–water partition coefficient (Wildman–Crippen LogP) is 2.86. The third kappa shape index (κ3) is 4.62. The Morgan fingerprint density at radius 1 is 1.16 bits per heavy atom. The van der Waals surface area contributed by atoms with Crippen molar-refractivity contribution in [1.82, 2.24) is 0 Å². The maximum Gasteiger partial charge on any atom is 0.150 e. The van der Waals surface area contributed by atoms with Gasteiger partial charge in [0.1, 0.15) is 9.84 Å². The fourth-order valence-corrected chi connectivity index (χ4v) is 3.40. The largest absolute Gasteiger partial charge is 0.388 e. The topological polar surface area (TPSA) is 54.4 Å². The number of aryl methyl sites for hydroxylation is 3. The Kier molecular flexibility index (Phi) is 5.56. The summed E-state index contributed by atoms with van der Waals surface area (Å²) in [6.45, 7) is 7.66. The highest BCUT2D eigenvalue weighted by Crippen LogP contribution is 2.26. The summed E-state index contributed by atoms with van der Waals surface area (Å²) in [6.07, 6.45) is 0.418. The number of hydrogen-bond acceptors (Lipinski definition) is 3. The zero-order chi connectivity index (χ0) is 14.6. The van der Waals surface area contributed by atoms with E-state index in [4.69, 9.17) is 0 Å². The lowest BCUT2D eigenvalue weighted by Gasteiger charge is -2.17. The molecule has 1 atom stereocenters. The van der Waals surface area contributed by atoms with Crippen molar-refractivity contribution in [3.8, 4) is 0 Å². The summed E-state index contributed by atoms with van der Waals surface area (Å²) >= 11 is 0. The zero-order valence-corrected chi connectivity index (χ0v) is 13.0. The van der Waals surface area contributed by atoms with Gasteiger partial charge in [-0.3, -0.25) is 0 Å². The Morgan fingerprint density at radius 2 is 1.68 bits per heavy atom. The highest BCUT2D eigenvalue weighted by Gasteiger charge is 2.15. The summed E-state index contributed by atoms with van der Waals surface area (Å²) in [7, 11) is -2.94. The number of sulfone groups is 1. The van der Waals surface area contributed by atoms with Gasteiger partial charge in [-0.1, -0.05) is 24.6 Å². The maximum absolute atomic E-state index is 11.4. The number of aliphatic hydroxyl groups is 1. The van der Waals surface area contributed by atoms with Crippen molar-refractivity contribution in [2.24, 2.45) is 0 Å². The smallest absolute Gasteiger partial charge is 0.150 e. The molecule has 1 aromatic carbocycles. The molecule has 1 N–H and O–H groups in total. The van der Waals surface area contributed by atoms with Gasteiger partial charge in [0.05, 0.1) is 11.9 Å². The van der Waals surface area contributed by atoms with Crippen molar-refractivity contribution >= 4 is 9.84 Å². The van der Waals surface area contributed by atoms with E-state index < -0.39 is 15.9 Å². The van der Waals surface area contributed by atoms with Gasteiger partial charge >= 0.3 is 0 Å². The van der Waals surface area contributed by atoms with E-state index in [9.17, 15) is 13.5 Å². The van der Waals surface area contributed by atoms with Gasteiger partial charge in [-0.15, -0.1) is 0 Å². The average Bonchev–Trinajstić information content (AvgIpc) is 2.27. The van der Waals surface area contributed by atoms with Gasteiger partial charge in [0.25, 0.3) is 0 Å². The van der Waals surface area contributed by atoms with Gasteiger partial charge in [-0.2, -0.15) is 0 Å². The molecule has 0 aliphatic carbocycles. The highest BCUT2D eigenvalue weighted by atomic mass is 32.2. The standard InChI is InChI=1S/C15H24O3S/c1-5-19(17,18)8-6-7-14(16)15-12(3)9-11(2)10-13(15)4/h9-10,14,16H,5-8H2,1-4H3. The van der Waals surface area contributed by atoms with Crippen LogP contribution in [0.25, 0.3) is 0 Å².